The monoisotopic (exact) mass is 470 g/mol. The van der Waals surface area contributed by atoms with Crippen LogP contribution in [0.3, 0.4) is 0 Å². The highest BCUT2D eigenvalue weighted by Crippen LogP contribution is 2.31. The Hall–Kier alpha value is -3.84. The Balaban J connectivity index is 1.43. The molecule has 0 aliphatic carbocycles. The molecule has 0 radical (unpaired) electrons. The molecule has 1 amide bonds. The molecule has 0 spiro atoms. The second-order valence-corrected chi connectivity index (χ2v) is 8.76. The Morgan fingerprint density at radius 2 is 1.83 bits per heavy atom. The smallest absolute Gasteiger partial charge is 0.255 e. The number of ether oxygens (including phenoxy) is 1. The highest BCUT2D eigenvalue weighted by Gasteiger charge is 2.27. The maximum absolute atomic E-state index is 13.5. The van der Waals surface area contributed by atoms with Gasteiger partial charge in [0, 0.05) is 18.3 Å². The van der Waals surface area contributed by atoms with E-state index in [2.05, 4.69) is 10.2 Å². The molecule has 0 saturated carbocycles. The first-order valence-corrected chi connectivity index (χ1v) is 12.0. The molecular formula is C28H30N4O3. The molecule has 2 aromatic heterocycles. The van der Waals surface area contributed by atoms with Gasteiger partial charge in [0.25, 0.3) is 5.91 Å². The standard InChI is InChI=1S/C28H30N4O3/c1-34-25-13-6-5-12-22(25)27-23(20-32(30-27)19-21-10-3-2-4-11-21)28(33)29-18-24(26-14-9-17-35-26)31-15-7-8-16-31/h2-6,9-14,17,20,24H,7-8,15-16,18-19H2,1H3,(H,29,33)/t24-/m0/s1. The van der Waals surface area contributed by atoms with Gasteiger partial charge in [-0.3, -0.25) is 14.4 Å². The van der Waals surface area contributed by atoms with Crippen LogP contribution in [0.25, 0.3) is 11.3 Å². The molecule has 180 valence electrons. The van der Waals surface area contributed by atoms with Crippen LogP contribution in [0.5, 0.6) is 5.75 Å². The van der Waals surface area contributed by atoms with E-state index in [0.717, 1.165) is 42.8 Å². The summed E-state index contributed by atoms with van der Waals surface area (Å²) in [5.41, 5.74) is 3.02. The first-order valence-electron chi connectivity index (χ1n) is 12.0. The lowest BCUT2D eigenvalue weighted by Crippen LogP contribution is -2.36. The molecule has 1 N–H and O–H groups in total. The molecule has 2 aromatic carbocycles. The van der Waals surface area contributed by atoms with Crippen LogP contribution >= 0.6 is 0 Å². The molecular weight excluding hydrogens is 440 g/mol. The van der Waals surface area contributed by atoms with Gasteiger partial charge in [0.15, 0.2) is 0 Å². The molecule has 4 aromatic rings. The van der Waals surface area contributed by atoms with Crippen molar-refractivity contribution in [3.05, 3.63) is 96.1 Å². The summed E-state index contributed by atoms with van der Waals surface area (Å²) in [6, 6.07) is 21.6. The van der Waals surface area contributed by atoms with Gasteiger partial charge in [0.05, 0.1) is 31.5 Å². The average molecular weight is 471 g/mol. The Bertz CT molecular complexity index is 1240. The number of amides is 1. The number of carbonyl (C=O) groups is 1. The van der Waals surface area contributed by atoms with Crippen LogP contribution in [0.2, 0.25) is 0 Å². The normalized spacial score (nSPS) is 14.7. The highest BCUT2D eigenvalue weighted by molar-refractivity contribution is 6.00. The lowest BCUT2D eigenvalue weighted by Gasteiger charge is -2.26. The Morgan fingerprint density at radius 1 is 1.06 bits per heavy atom. The molecule has 7 heteroatoms. The predicted octanol–water partition coefficient (Wildman–Crippen LogP) is 4.77. The fourth-order valence-electron chi connectivity index (χ4n) is 4.71. The van der Waals surface area contributed by atoms with Crippen LogP contribution in [0.4, 0.5) is 0 Å². The van der Waals surface area contributed by atoms with Gasteiger partial charge in [-0.25, -0.2) is 0 Å². The summed E-state index contributed by atoms with van der Waals surface area (Å²) in [6.45, 7) is 3.03. The first-order chi connectivity index (χ1) is 17.2. The zero-order chi connectivity index (χ0) is 24.0. The van der Waals surface area contributed by atoms with Crippen molar-refractivity contribution in [2.75, 3.05) is 26.7 Å². The van der Waals surface area contributed by atoms with Gasteiger partial charge in [-0.2, -0.15) is 5.10 Å². The number of benzene rings is 2. The molecule has 1 aliphatic rings. The minimum atomic E-state index is -0.166. The van der Waals surface area contributed by atoms with Crippen molar-refractivity contribution in [1.82, 2.24) is 20.0 Å². The highest BCUT2D eigenvalue weighted by atomic mass is 16.5. The maximum Gasteiger partial charge on any atom is 0.255 e. The summed E-state index contributed by atoms with van der Waals surface area (Å²) in [5.74, 6) is 1.38. The van der Waals surface area contributed by atoms with Crippen molar-refractivity contribution in [3.8, 4) is 17.0 Å². The van der Waals surface area contributed by atoms with E-state index in [-0.39, 0.29) is 11.9 Å². The van der Waals surface area contributed by atoms with Gasteiger partial charge in [-0.05, 0) is 55.8 Å². The van der Waals surface area contributed by atoms with Gasteiger partial charge in [-0.15, -0.1) is 0 Å². The summed E-state index contributed by atoms with van der Waals surface area (Å²) in [5, 5.41) is 7.96. The molecule has 3 heterocycles. The fraction of sp³-hybridized carbons (Fsp3) is 0.286. The Morgan fingerprint density at radius 3 is 2.57 bits per heavy atom. The van der Waals surface area contributed by atoms with Crippen LogP contribution < -0.4 is 10.1 Å². The Kier molecular flexibility index (Phi) is 6.95. The van der Waals surface area contributed by atoms with Crippen molar-refractivity contribution in [1.29, 1.82) is 0 Å². The third-order valence-electron chi connectivity index (χ3n) is 6.46. The fourth-order valence-corrected chi connectivity index (χ4v) is 4.71. The van der Waals surface area contributed by atoms with Crippen molar-refractivity contribution < 1.29 is 13.9 Å². The summed E-state index contributed by atoms with van der Waals surface area (Å²) >= 11 is 0. The molecule has 0 bridgehead atoms. The summed E-state index contributed by atoms with van der Waals surface area (Å²) in [6.07, 6.45) is 5.83. The maximum atomic E-state index is 13.5. The molecule has 7 nitrogen and oxygen atoms in total. The summed E-state index contributed by atoms with van der Waals surface area (Å²) in [7, 11) is 1.63. The predicted molar refractivity (Wildman–Crippen MR) is 134 cm³/mol. The number of carbonyl (C=O) groups excluding carboxylic acids is 1. The van der Waals surface area contributed by atoms with Crippen LogP contribution in [0.1, 0.15) is 40.6 Å². The number of hydrogen-bond acceptors (Lipinski definition) is 5. The number of rotatable bonds is 9. The molecule has 1 fully saturated rings. The SMILES string of the molecule is COc1ccccc1-c1nn(Cc2ccccc2)cc1C(=O)NC[C@@H](c1ccco1)N1CCCC1. The molecule has 35 heavy (non-hydrogen) atoms. The van der Waals surface area contributed by atoms with Crippen LogP contribution in [-0.2, 0) is 6.54 Å². The second-order valence-electron chi connectivity index (χ2n) is 8.76. The average Bonchev–Trinajstić information content (AvgIpc) is 3.68. The lowest BCUT2D eigenvalue weighted by atomic mass is 10.1. The number of likely N-dealkylation sites (tertiary alicyclic amines) is 1. The number of nitrogens with one attached hydrogen (secondary N) is 1. The van der Waals surface area contributed by atoms with E-state index in [1.165, 1.54) is 0 Å². The third kappa shape index (κ3) is 5.15. The summed E-state index contributed by atoms with van der Waals surface area (Å²) in [4.78, 5) is 15.9. The van der Waals surface area contributed by atoms with Crippen molar-refractivity contribution in [2.24, 2.45) is 0 Å². The molecule has 1 aliphatic heterocycles. The number of nitrogens with zero attached hydrogens (tertiary/aromatic N) is 3. The van der Waals surface area contributed by atoms with E-state index in [1.807, 2.05) is 77.6 Å². The van der Waals surface area contributed by atoms with Crippen molar-refractivity contribution in [2.45, 2.75) is 25.4 Å². The van der Waals surface area contributed by atoms with Crippen LogP contribution in [0.15, 0.2) is 83.6 Å². The quantitative estimate of drug-likeness (QED) is 0.382. The third-order valence-corrected chi connectivity index (χ3v) is 6.46. The minimum Gasteiger partial charge on any atom is -0.496 e. The van der Waals surface area contributed by atoms with Crippen molar-refractivity contribution in [3.63, 3.8) is 0 Å². The second kappa shape index (κ2) is 10.6. The number of para-hydroxylation sites is 1. The van der Waals surface area contributed by atoms with E-state index in [9.17, 15) is 4.79 Å². The largest absolute Gasteiger partial charge is 0.496 e. The zero-order valence-corrected chi connectivity index (χ0v) is 19.9. The van der Waals surface area contributed by atoms with E-state index in [1.54, 1.807) is 13.4 Å². The van der Waals surface area contributed by atoms with E-state index >= 15 is 0 Å². The Labute approximate surface area is 205 Å². The van der Waals surface area contributed by atoms with Crippen LogP contribution in [-0.4, -0.2) is 47.3 Å². The number of furan rings is 1. The molecule has 1 atom stereocenters. The van der Waals surface area contributed by atoms with E-state index in [0.29, 0.717) is 30.1 Å². The van der Waals surface area contributed by atoms with Crippen LogP contribution in [0, 0.1) is 0 Å². The van der Waals surface area contributed by atoms with E-state index < -0.39 is 0 Å². The van der Waals surface area contributed by atoms with Crippen molar-refractivity contribution >= 4 is 5.91 Å². The number of methoxy groups -OCH3 is 1. The van der Waals surface area contributed by atoms with Gasteiger partial charge < -0.3 is 14.5 Å². The minimum absolute atomic E-state index is 0.00512. The number of hydrogen-bond donors (Lipinski definition) is 1. The van der Waals surface area contributed by atoms with Gasteiger partial charge in [0.1, 0.15) is 17.2 Å². The topological polar surface area (TPSA) is 72.5 Å². The molecule has 0 unspecified atom stereocenters. The first kappa shape index (κ1) is 22.9. The molecule has 1 saturated heterocycles. The van der Waals surface area contributed by atoms with Gasteiger partial charge >= 0.3 is 0 Å². The lowest BCUT2D eigenvalue weighted by molar-refractivity contribution is 0.0934. The van der Waals surface area contributed by atoms with E-state index in [4.69, 9.17) is 14.3 Å². The zero-order valence-electron chi connectivity index (χ0n) is 19.9. The van der Waals surface area contributed by atoms with Gasteiger partial charge in [0.2, 0.25) is 0 Å². The summed E-state index contributed by atoms with van der Waals surface area (Å²) < 4.78 is 13.1. The number of aromatic nitrogens is 2. The molecule has 5 rings (SSSR count). The van der Waals surface area contributed by atoms with Gasteiger partial charge in [-0.1, -0.05) is 42.5 Å².